The van der Waals surface area contributed by atoms with Crippen LogP contribution in [0.4, 0.5) is 0 Å². The molecule has 4 aliphatic carbocycles. The molecule has 134 valence electrons. The van der Waals surface area contributed by atoms with Crippen LogP contribution in [0.2, 0.25) is 0 Å². The van der Waals surface area contributed by atoms with Crippen LogP contribution in [0, 0.1) is 17.8 Å². The maximum atomic E-state index is 12.3. The zero-order valence-corrected chi connectivity index (χ0v) is 13.9. The standard InChI is InChI=1S/C19H22O6/c20-16-2-1-14(6-15(16)18(22)23)24-10-17(21)25-19-7-11-3-12(8-19)5-13(4-11)9-19/h1-2,6,11-13,20H,3-5,7-10H2,(H,22,23)/p-1. The van der Waals surface area contributed by atoms with Crippen molar-refractivity contribution in [3.63, 3.8) is 0 Å². The lowest BCUT2D eigenvalue weighted by atomic mass is 9.54. The van der Waals surface area contributed by atoms with Crippen LogP contribution in [0.3, 0.4) is 0 Å². The predicted molar refractivity (Wildman–Crippen MR) is 85.3 cm³/mol. The van der Waals surface area contributed by atoms with E-state index in [1.54, 1.807) is 0 Å². The van der Waals surface area contributed by atoms with Crippen LogP contribution in [0.15, 0.2) is 18.2 Å². The number of ether oxygens (including phenoxy) is 2. The van der Waals surface area contributed by atoms with Crippen molar-refractivity contribution in [1.29, 1.82) is 0 Å². The molecule has 25 heavy (non-hydrogen) atoms. The molecule has 4 aliphatic rings. The first-order valence-electron chi connectivity index (χ1n) is 8.81. The molecule has 0 heterocycles. The SMILES string of the molecule is O=C(COc1ccc([O-])c(C(=O)O)c1)OC12CC3CC(CC(C3)C1)C2. The van der Waals surface area contributed by atoms with Crippen LogP contribution in [0.5, 0.6) is 11.5 Å². The lowest BCUT2D eigenvalue weighted by Gasteiger charge is -2.55. The summed E-state index contributed by atoms with van der Waals surface area (Å²) in [4.78, 5) is 23.2. The van der Waals surface area contributed by atoms with Gasteiger partial charge in [-0.15, -0.1) is 0 Å². The number of hydrogen-bond donors (Lipinski definition) is 1. The van der Waals surface area contributed by atoms with Gasteiger partial charge in [-0.25, -0.2) is 9.59 Å². The summed E-state index contributed by atoms with van der Waals surface area (Å²) < 4.78 is 11.2. The van der Waals surface area contributed by atoms with E-state index in [-0.39, 0.29) is 23.5 Å². The van der Waals surface area contributed by atoms with E-state index in [0.717, 1.165) is 31.4 Å². The highest BCUT2D eigenvalue weighted by molar-refractivity contribution is 5.91. The van der Waals surface area contributed by atoms with Gasteiger partial charge in [-0.2, -0.15) is 0 Å². The molecular weight excluding hydrogens is 324 g/mol. The maximum Gasteiger partial charge on any atom is 0.344 e. The number of carboxylic acids is 1. The fraction of sp³-hybridized carbons (Fsp3) is 0.579. The van der Waals surface area contributed by atoms with Crippen molar-refractivity contribution in [2.24, 2.45) is 17.8 Å². The molecule has 0 radical (unpaired) electrons. The van der Waals surface area contributed by atoms with E-state index in [4.69, 9.17) is 14.6 Å². The summed E-state index contributed by atoms with van der Waals surface area (Å²) >= 11 is 0. The summed E-state index contributed by atoms with van der Waals surface area (Å²) in [6.07, 6.45) is 6.68. The average Bonchev–Trinajstić information content (AvgIpc) is 2.52. The molecule has 0 amide bonds. The van der Waals surface area contributed by atoms with E-state index in [9.17, 15) is 14.7 Å². The number of carbonyl (C=O) groups is 2. The van der Waals surface area contributed by atoms with Crippen molar-refractivity contribution in [1.82, 2.24) is 0 Å². The minimum Gasteiger partial charge on any atom is -0.872 e. The third kappa shape index (κ3) is 3.17. The van der Waals surface area contributed by atoms with Gasteiger partial charge in [0, 0.05) is 0 Å². The lowest BCUT2D eigenvalue weighted by molar-refractivity contribution is -0.268. The highest BCUT2D eigenvalue weighted by atomic mass is 16.6. The summed E-state index contributed by atoms with van der Waals surface area (Å²) in [5.74, 6) is -0.0971. The Morgan fingerprint density at radius 2 is 1.72 bits per heavy atom. The number of carboxylic acid groups (broad SMARTS) is 1. The van der Waals surface area contributed by atoms with E-state index in [1.165, 1.54) is 25.3 Å². The first-order valence-corrected chi connectivity index (χ1v) is 8.81. The molecule has 6 nitrogen and oxygen atoms in total. The summed E-state index contributed by atoms with van der Waals surface area (Å²) in [5, 5.41) is 20.4. The van der Waals surface area contributed by atoms with E-state index < -0.39 is 17.7 Å². The molecule has 0 spiro atoms. The molecule has 5 rings (SSSR count). The molecule has 1 N–H and O–H groups in total. The topological polar surface area (TPSA) is 95.9 Å². The van der Waals surface area contributed by atoms with Crippen molar-refractivity contribution < 1.29 is 29.3 Å². The van der Waals surface area contributed by atoms with Gasteiger partial charge < -0.3 is 19.7 Å². The van der Waals surface area contributed by atoms with Crippen LogP contribution >= 0.6 is 0 Å². The molecule has 0 unspecified atom stereocenters. The molecule has 0 aromatic heterocycles. The Morgan fingerprint density at radius 1 is 1.12 bits per heavy atom. The van der Waals surface area contributed by atoms with Gasteiger partial charge in [0.05, 0.1) is 5.56 Å². The minimum absolute atomic E-state index is 0.180. The summed E-state index contributed by atoms with van der Waals surface area (Å²) in [7, 11) is 0. The molecule has 0 atom stereocenters. The number of aromatic carboxylic acids is 1. The van der Waals surface area contributed by atoms with Crippen molar-refractivity contribution in [3.05, 3.63) is 23.8 Å². The van der Waals surface area contributed by atoms with E-state index in [0.29, 0.717) is 17.8 Å². The molecule has 4 saturated carbocycles. The second kappa shape index (κ2) is 5.93. The second-order valence-corrected chi connectivity index (χ2v) is 7.83. The number of hydrogen-bond acceptors (Lipinski definition) is 5. The van der Waals surface area contributed by atoms with Crippen LogP contribution < -0.4 is 9.84 Å². The molecule has 1 aromatic rings. The van der Waals surface area contributed by atoms with Gasteiger partial charge in [0.25, 0.3) is 0 Å². The molecule has 4 bridgehead atoms. The molecule has 6 heteroatoms. The van der Waals surface area contributed by atoms with Gasteiger partial charge >= 0.3 is 11.9 Å². The minimum atomic E-state index is -1.31. The van der Waals surface area contributed by atoms with Gasteiger partial charge in [-0.3, -0.25) is 0 Å². The zero-order chi connectivity index (χ0) is 17.6. The molecular formula is C19H21O6-. The molecule has 0 aliphatic heterocycles. The lowest BCUT2D eigenvalue weighted by Crippen LogP contribution is -2.53. The molecule has 1 aromatic carbocycles. The van der Waals surface area contributed by atoms with Crippen molar-refractivity contribution in [2.75, 3.05) is 6.61 Å². The Morgan fingerprint density at radius 3 is 2.28 bits per heavy atom. The Labute approximate surface area is 145 Å². The summed E-state index contributed by atoms with van der Waals surface area (Å²) in [6, 6.07) is 3.64. The smallest absolute Gasteiger partial charge is 0.344 e. The van der Waals surface area contributed by atoms with Crippen molar-refractivity contribution >= 4 is 11.9 Å². The van der Waals surface area contributed by atoms with Gasteiger partial charge in [-0.05, 0) is 68.4 Å². The monoisotopic (exact) mass is 345 g/mol. The molecule has 0 saturated heterocycles. The van der Waals surface area contributed by atoms with Gasteiger partial charge in [0.15, 0.2) is 6.61 Å². The van der Waals surface area contributed by atoms with Gasteiger partial charge in [-0.1, -0.05) is 11.8 Å². The third-order valence-corrected chi connectivity index (χ3v) is 5.85. The van der Waals surface area contributed by atoms with Crippen LogP contribution in [0.1, 0.15) is 48.9 Å². The second-order valence-electron chi connectivity index (χ2n) is 7.83. The highest BCUT2D eigenvalue weighted by Gasteiger charge is 2.53. The first kappa shape index (κ1) is 16.2. The van der Waals surface area contributed by atoms with Crippen LogP contribution in [-0.2, 0) is 9.53 Å². The first-order chi connectivity index (χ1) is 11.9. The Kier molecular flexibility index (Phi) is 3.85. The average molecular weight is 345 g/mol. The predicted octanol–water partition coefficient (Wildman–Crippen LogP) is 2.35. The highest BCUT2D eigenvalue weighted by Crippen LogP contribution is 2.57. The van der Waals surface area contributed by atoms with Gasteiger partial charge in [0.2, 0.25) is 0 Å². The maximum absolute atomic E-state index is 12.3. The zero-order valence-electron chi connectivity index (χ0n) is 13.9. The Balaban J connectivity index is 1.37. The Hall–Kier alpha value is -2.24. The quantitative estimate of drug-likeness (QED) is 0.823. The van der Waals surface area contributed by atoms with Crippen LogP contribution in [0.25, 0.3) is 0 Å². The largest absolute Gasteiger partial charge is 0.872 e. The number of carbonyl (C=O) groups excluding carboxylic acids is 1. The van der Waals surface area contributed by atoms with E-state index >= 15 is 0 Å². The summed E-state index contributed by atoms with van der Waals surface area (Å²) in [5.41, 5.74) is -0.688. The Bertz CT molecular complexity index is 675. The molecule has 4 fully saturated rings. The summed E-state index contributed by atoms with van der Waals surface area (Å²) in [6.45, 7) is -0.279. The number of benzene rings is 1. The van der Waals surface area contributed by atoms with Crippen LogP contribution in [-0.4, -0.2) is 29.3 Å². The fourth-order valence-corrected chi connectivity index (χ4v) is 5.34. The third-order valence-electron chi connectivity index (χ3n) is 5.85. The van der Waals surface area contributed by atoms with E-state index in [1.807, 2.05) is 0 Å². The number of rotatable bonds is 5. The van der Waals surface area contributed by atoms with Crippen molar-refractivity contribution in [2.45, 2.75) is 44.1 Å². The van der Waals surface area contributed by atoms with Gasteiger partial charge in [0.1, 0.15) is 11.4 Å². The van der Waals surface area contributed by atoms with Crippen molar-refractivity contribution in [3.8, 4) is 11.5 Å². The normalized spacial score (nSPS) is 32.4. The van der Waals surface area contributed by atoms with E-state index in [2.05, 4.69) is 0 Å². The number of esters is 1. The fourth-order valence-electron chi connectivity index (χ4n) is 5.34.